The molecule has 1 heterocycles. The van der Waals surface area contributed by atoms with E-state index in [4.69, 9.17) is 11.6 Å². The molecule has 0 amide bonds. The van der Waals surface area contributed by atoms with Gasteiger partial charge < -0.3 is 4.90 Å². The molecule has 1 aliphatic rings. The van der Waals surface area contributed by atoms with Crippen LogP contribution in [0.25, 0.3) is 0 Å². The van der Waals surface area contributed by atoms with Crippen molar-refractivity contribution in [1.29, 1.82) is 0 Å². The summed E-state index contributed by atoms with van der Waals surface area (Å²) in [6.45, 7) is 9.14. The number of alkyl halides is 1. The minimum atomic E-state index is 0.607. The average molecular weight is 252 g/mol. The average Bonchev–Trinajstić information content (AvgIpc) is 2.27. The zero-order valence-electron chi connectivity index (χ0n) is 11.0. The van der Waals surface area contributed by atoms with Crippen molar-refractivity contribution >= 4 is 17.3 Å². The van der Waals surface area contributed by atoms with E-state index in [0.29, 0.717) is 5.88 Å². The van der Waals surface area contributed by atoms with Gasteiger partial charge in [-0.3, -0.25) is 0 Å². The lowest BCUT2D eigenvalue weighted by molar-refractivity contribution is 0.356. The molecule has 94 valence electrons. The first-order valence-corrected chi connectivity index (χ1v) is 7.04. The molecule has 0 saturated carbocycles. The topological polar surface area (TPSA) is 3.24 Å². The molecule has 1 saturated heterocycles. The van der Waals surface area contributed by atoms with E-state index in [2.05, 4.69) is 43.9 Å². The van der Waals surface area contributed by atoms with Crippen molar-refractivity contribution in [3.63, 3.8) is 0 Å². The molecule has 0 bridgehead atoms. The van der Waals surface area contributed by atoms with Gasteiger partial charge in [0.25, 0.3) is 0 Å². The van der Waals surface area contributed by atoms with Crippen LogP contribution < -0.4 is 4.90 Å². The summed E-state index contributed by atoms with van der Waals surface area (Å²) >= 11 is 6.07. The maximum Gasteiger partial charge on any atom is 0.0494 e. The van der Waals surface area contributed by atoms with Gasteiger partial charge in [0.1, 0.15) is 0 Å². The van der Waals surface area contributed by atoms with E-state index in [1.54, 1.807) is 0 Å². The largest absolute Gasteiger partial charge is 0.371 e. The second kappa shape index (κ2) is 5.30. The summed E-state index contributed by atoms with van der Waals surface area (Å²) < 4.78 is 0. The van der Waals surface area contributed by atoms with Gasteiger partial charge in [0.15, 0.2) is 0 Å². The quantitative estimate of drug-likeness (QED) is 0.712. The molecule has 0 N–H and O–H groups in total. The Labute approximate surface area is 110 Å². The molecule has 1 fully saturated rings. The molecule has 2 unspecified atom stereocenters. The lowest BCUT2D eigenvalue weighted by atomic mass is 9.91. The van der Waals surface area contributed by atoms with Crippen LogP contribution in [0.15, 0.2) is 18.2 Å². The number of rotatable bonds is 2. The van der Waals surface area contributed by atoms with Crippen LogP contribution in [0.5, 0.6) is 0 Å². The van der Waals surface area contributed by atoms with E-state index < -0.39 is 0 Å². The number of piperidine rings is 1. The van der Waals surface area contributed by atoms with Crippen LogP contribution in [0.4, 0.5) is 5.69 Å². The third kappa shape index (κ3) is 2.95. The van der Waals surface area contributed by atoms with Crippen molar-refractivity contribution in [3.05, 3.63) is 29.3 Å². The highest BCUT2D eigenvalue weighted by molar-refractivity contribution is 6.17. The van der Waals surface area contributed by atoms with Crippen molar-refractivity contribution in [3.8, 4) is 0 Å². The second-order valence-corrected chi connectivity index (χ2v) is 5.88. The van der Waals surface area contributed by atoms with Gasteiger partial charge in [-0.25, -0.2) is 0 Å². The molecule has 1 nitrogen and oxygen atoms in total. The van der Waals surface area contributed by atoms with Gasteiger partial charge in [-0.2, -0.15) is 0 Å². The smallest absolute Gasteiger partial charge is 0.0494 e. The number of halogens is 1. The number of anilines is 1. The molecule has 2 atom stereocenters. The van der Waals surface area contributed by atoms with Crippen molar-refractivity contribution < 1.29 is 0 Å². The minimum absolute atomic E-state index is 0.607. The van der Waals surface area contributed by atoms with Gasteiger partial charge in [-0.05, 0) is 36.8 Å². The van der Waals surface area contributed by atoms with Crippen LogP contribution >= 0.6 is 11.6 Å². The first-order valence-electron chi connectivity index (χ1n) is 6.50. The molecule has 0 aromatic heterocycles. The normalized spacial score (nSPS) is 25.1. The Morgan fingerprint density at radius 1 is 1.24 bits per heavy atom. The number of hydrogen-bond donors (Lipinski definition) is 0. The highest BCUT2D eigenvalue weighted by atomic mass is 35.5. The monoisotopic (exact) mass is 251 g/mol. The lowest BCUT2D eigenvalue weighted by Gasteiger charge is -2.37. The molecule has 2 heteroatoms. The van der Waals surface area contributed by atoms with Crippen LogP contribution in [-0.2, 0) is 5.88 Å². The molecule has 17 heavy (non-hydrogen) atoms. The lowest BCUT2D eigenvalue weighted by Crippen LogP contribution is -2.39. The molecule has 0 spiro atoms. The van der Waals surface area contributed by atoms with Crippen LogP contribution in [0.2, 0.25) is 0 Å². The first-order chi connectivity index (χ1) is 8.10. The van der Waals surface area contributed by atoms with Gasteiger partial charge >= 0.3 is 0 Å². The van der Waals surface area contributed by atoms with Gasteiger partial charge in [0, 0.05) is 24.7 Å². The Balaban J connectivity index is 2.26. The third-order valence-corrected chi connectivity index (χ3v) is 3.88. The summed E-state index contributed by atoms with van der Waals surface area (Å²) in [5, 5.41) is 0. The van der Waals surface area contributed by atoms with E-state index in [0.717, 1.165) is 24.9 Å². The molecule has 1 aromatic carbocycles. The zero-order valence-corrected chi connectivity index (χ0v) is 11.8. The Morgan fingerprint density at radius 3 is 2.47 bits per heavy atom. The standard InChI is InChI=1S/C15H22ClN/c1-11-4-5-15(14(7-11)8-16)17-9-12(2)6-13(3)10-17/h4-5,7,12-13H,6,8-10H2,1-3H3. The molecule has 2 rings (SSSR count). The summed E-state index contributed by atoms with van der Waals surface area (Å²) in [6, 6.07) is 6.64. The highest BCUT2D eigenvalue weighted by Gasteiger charge is 2.23. The summed E-state index contributed by atoms with van der Waals surface area (Å²) in [4.78, 5) is 2.51. The Hall–Kier alpha value is -0.690. The van der Waals surface area contributed by atoms with E-state index in [-0.39, 0.29) is 0 Å². The fraction of sp³-hybridized carbons (Fsp3) is 0.600. The molecular formula is C15H22ClN. The predicted molar refractivity (Wildman–Crippen MR) is 75.9 cm³/mol. The fourth-order valence-electron chi connectivity index (χ4n) is 2.99. The van der Waals surface area contributed by atoms with Crippen molar-refractivity contribution in [1.82, 2.24) is 0 Å². The molecule has 1 aliphatic heterocycles. The van der Waals surface area contributed by atoms with Crippen LogP contribution in [0, 0.1) is 18.8 Å². The summed E-state index contributed by atoms with van der Waals surface area (Å²) in [6.07, 6.45) is 1.35. The summed E-state index contributed by atoms with van der Waals surface area (Å²) in [7, 11) is 0. The molecular weight excluding hydrogens is 230 g/mol. The fourth-order valence-corrected chi connectivity index (χ4v) is 3.20. The summed E-state index contributed by atoms with van der Waals surface area (Å²) in [5.74, 6) is 2.17. The van der Waals surface area contributed by atoms with E-state index >= 15 is 0 Å². The predicted octanol–water partition coefficient (Wildman–Crippen LogP) is 4.22. The van der Waals surface area contributed by atoms with Gasteiger partial charge in [-0.15, -0.1) is 11.6 Å². The number of benzene rings is 1. The second-order valence-electron chi connectivity index (χ2n) is 5.62. The van der Waals surface area contributed by atoms with Crippen LogP contribution in [-0.4, -0.2) is 13.1 Å². The summed E-state index contributed by atoms with van der Waals surface area (Å²) in [5.41, 5.74) is 3.90. The first kappa shape index (κ1) is 12.8. The van der Waals surface area contributed by atoms with Crippen LogP contribution in [0.1, 0.15) is 31.4 Å². The molecule has 0 radical (unpaired) electrons. The van der Waals surface area contributed by atoms with Crippen molar-refractivity contribution in [2.24, 2.45) is 11.8 Å². The van der Waals surface area contributed by atoms with Crippen molar-refractivity contribution in [2.75, 3.05) is 18.0 Å². The Morgan fingerprint density at radius 2 is 1.88 bits per heavy atom. The zero-order chi connectivity index (χ0) is 12.4. The van der Waals surface area contributed by atoms with Crippen molar-refractivity contribution in [2.45, 2.75) is 33.1 Å². The Bertz CT molecular complexity index is 379. The molecule has 1 aromatic rings. The Kier molecular flexibility index (Phi) is 3.98. The van der Waals surface area contributed by atoms with Gasteiger partial charge in [0.2, 0.25) is 0 Å². The van der Waals surface area contributed by atoms with Gasteiger partial charge in [-0.1, -0.05) is 31.5 Å². The van der Waals surface area contributed by atoms with E-state index in [1.807, 2.05) is 0 Å². The number of hydrogen-bond acceptors (Lipinski definition) is 1. The van der Waals surface area contributed by atoms with Gasteiger partial charge in [0.05, 0.1) is 0 Å². The van der Waals surface area contributed by atoms with E-state index in [1.165, 1.54) is 23.2 Å². The number of nitrogens with zero attached hydrogens (tertiary/aromatic N) is 1. The van der Waals surface area contributed by atoms with Crippen LogP contribution in [0.3, 0.4) is 0 Å². The maximum atomic E-state index is 6.07. The molecule has 0 aliphatic carbocycles. The number of aryl methyl sites for hydroxylation is 1. The third-order valence-electron chi connectivity index (χ3n) is 3.59. The SMILES string of the molecule is Cc1ccc(N2CC(C)CC(C)C2)c(CCl)c1. The maximum absolute atomic E-state index is 6.07. The van der Waals surface area contributed by atoms with E-state index in [9.17, 15) is 0 Å². The minimum Gasteiger partial charge on any atom is -0.371 e. The highest BCUT2D eigenvalue weighted by Crippen LogP contribution is 2.30.